The van der Waals surface area contributed by atoms with E-state index in [-0.39, 0.29) is 29.3 Å². The number of carbonyl (C=O) groups excluding carboxylic acids is 2. The van der Waals surface area contributed by atoms with Crippen molar-refractivity contribution >= 4 is 33.3 Å². The molecule has 4 nitrogen and oxygen atoms in total. The number of aryl methyl sites for hydroxylation is 1. The Hall–Kier alpha value is -2.73. The summed E-state index contributed by atoms with van der Waals surface area (Å²) in [6.45, 7) is -0.353. The standard InChI is InChI=1S/C21H18FNO3S/c22-16-8-4-10-18-15(16)11-19(27-18)21(25)26-12-20(24)23-17-9-3-6-13-5-1-2-7-14(13)17/h1-2,4-5,7-8,10-11,17H,3,6,9,12H2,(H,23,24)/t17-/m1/s1. The number of benzene rings is 2. The van der Waals surface area contributed by atoms with Crippen LogP contribution in [0.4, 0.5) is 4.39 Å². The molecule has 0 unspecified atom stereocenters. The van der Waals surface area contributed by atoms with Crippen LogP contribution in [0.1, 0.15) is 39.7 Å². The lowest BCUT2D eigenvalue weighted by Crippen LogP contribution is -2.34. The van der Waals surface area contributed by atoms with Crippen molar-refractivity contribution in [3.8, 4) is 0 Å². The summed E-state index contributed by atoms with van der Waals surface area (Å²) in [4.78, 5) is 24.7. The van der Waals surface area contributed by atoms with Gasteiger partial charge in [0.25, 0.3) is 5.91 Å². The van der Waals surface area contributed by atoms with Gasteiger partial charge in [-0.15, -0.1) is 11.3 Å². The molecule has 0 fully saturated rings. The van der Waals surface area contributed by atoms with Crippen LogP contribution in [-0.2, 0) is 16.0 Å². The van der Waals surface area contributed by atoms with Gasteiger partial charge in [-0.05, 0) is 48.6 Å². The van der Waals surface area contributed by atoms with Gasteiger partial charge in [0.05, 0.1) is 6.04 Å². The molecule has 3 aromatic rings. The number of hydrogen-bond acceptors (Lipinski definition) is 4. The summed E-state index contributed by atoms with van der Waals surface area (Å²) in [5, 5.41) is 3.33. The lowest BCUT2D eigenvalue weighted by Gasteiger charge is -2.26. The van der Waals surface area contributed by atoms with Crippen molar-refractivity contribution in [2.24, 2.45) is 0 Å². The lowest BCUT2D eigenvalue weighted by atomic mass is 9.88. The van der Waals surface area contributed by atoms with Gasteiger partial charge in [0.2, 0.25) is 0 Å². The Labute approximate surface area is 160 Å². The van der Waals surface area contributed by atoms with E-state index in [0.717, 1.165) is 36.2 Å². The first-order valence-corrected chi connectivity index (χ1v) is 9.66. The average molecular weight is 383 g/mol. The summed E-state index contributed by atoms with van der Waals surface area (Å²) in [5.74, 6) is -1.33. The monoisotopic (exact) mass is 383 g/mol. The molecule has 27 heavy (non-hydrogen) atoms. The predicted octanol–water partition coefficient (Wildman–Crippen LogP) is 4.39. The van der Waals surface area contributed by atoms with Gasteiger partial charge < -0.3 is 10.1 Å². The second-order valence-corrected chi connectivity index (χ2v) is 7.63. The molecule has 1 N–H and O–H groups in total. The molecule has 0 saturated carbocycles. The van der Waals surface area contributed by atoms with Gasteiger partial charge in [0, 0.05) is 10.1 Å². The van der Waals surface area contributed by atoms with E-state index in [1.807, 2.05) is 18.2 Å². The number of nitrogens with one attached hydrogen (secondary N) is 1. The van der Waals surface area contributed by atoms with E-state index in [2.05, 4.69) is 11.4 Å². The average Bonchev–Trinajstić information content (AvgIpc) is 3.12. The molecule has 1 amide bonds. The third-order valence-corrected chi connectivity index (χ3v) is 5.83. The molecule has 1 aliphatic carbocycles. The molecule has 1 aliphatic rings. The topological polar surface area (TPSA) is 55.4 Å². The Bertz CT molecular complexity index is 1010. The van der Waals surface area contributed by atoms with E-state index >= 15 is 0 Å². The van der Waals surface area contributed by atoms with Gasteiger partial charge >= 0.3 is 5.97 Å². The van der Waals surface area contributed by atoms with Gasteiger partial charge in [-0.3, -0.25) is 4.79 Å². The summed E-state index contributed by atoms with van der Waals surface area (Å²) in [6.07, 6.45) is 2.89. The van der Waals surface area contributed by atoms with E-state index in [0.29, 0.717) is 10.1 Å². The van der Waals surface area contributed by atoms with Crippen molar-refractivity contribution in [3.05, 3.63) is 70.4 Å². The van der Waals surface area contributed by atoms with Crippen molar-refractivity contribution in [1.29, 1.82) is 0 Å². The van der Waals surface area contributed by atoms with Gasteiger partial charge in [0.15, 0.2) is 6.61 Å². The number of amides is 1. The van der Waals surface area contributed by atoms with Crippen molar-refractivity contribution in [3.63, 3.8) is 0 Å². The van der Waals surface area contributed by atoms with Crippen LogP contribution >= 0.6 is 11.3 Å². The van der Waals surface area contributed by atoms with Crippen LogP contribution in [0, 0.1) is 5.82 Å². The molecule has 1 atom stereocenters. The largest absolute Gasteiger partial charge is 0.451 e. The molecular weight excluding hydrogens is 365 g/mol. The van der Waals surface area contributed by atoms with Gasteiger partial charge in [0.1, 0.15) is 10.7 Å². The maximum absolute atomic E-state index is 13.7. The van der Waals surface area contributed by atoms with E-state index < -0.39 is 5.97 Å². The fourth-order valence-electron chi connectivity index (χ4n) is 3.47. The number of ether oxygens (including phenoxy) is 1. The van der Waals surface area contributed by atoms with Crippen molar-refractivity contribution < 1.29 is 18.7 Å². The third kappa shape index (κ3) is 3.71. The number of thiophene rings is 1. The van der Waals surface area contributed by atoms with E-state index in [1.54, 1.807) is 12.1 Å². The van der Waals surface area contributed by atoms with Crippen LogP contribution in [0.15, 0.2) is 48.5 Å². The molecule has 2 aromatic carbocycles. The molecule has 0 saturated heterocycles. The summed E-state index contributed by atoms with van der Waals surface area (Å²) < 4.78 is 19.5. The Kier molecular flexibility index (Phi) is 4.90. The molecular formula is C21H18FNO3S. The minimum atomic E-state index is -0.616. The van der Waals surface area contributed by atoms with Crippen LogP contribution in [0.25, 0.3) is 10.1 Å². The van der Waals surface area contributed by atoms with E-state index in [4.69, 9.17) is 4.74 Å². The van der Waals surface area contributed by atoms with Crippen LogP contribution in [0.3, 0.4) is 0 Å². The zero-order valence-corrected chi connectivity index (χ0v) is 15.4. The third-order valence-electron chi connectivity index (χ3n) is 4.75. The van der Waals surface area contributed by atoms with Crippen LogP contribution in [-0.4, -0.2) is 18.5 Å². The number of halogens is 1. The van der Waals surface area contributed by atoms with E-state index in [9.17, 15) is 14.0 Å². The first-order valence-electron chi connectivity index (χ1n) is 8.84. The molecule has 0 radical (unpaired) electrons. The van der Waals surface area contributed by atoms with Gasteiger partial charge in [-0.1, -0.05) is 30.3 Å². The zero-order valence-electron chi connectivity index (χ0n) is 14.5. The maximum Gasteiger partial charge on any atom is 0.348 e. The highest BCUT2D eigenvalue weighted by molar-refractivity contribution is 7.20. The lowest BCUT2D eigenvalue weighted by molar-refractivity contribution is -0.125. The quantitative estimate of drug-likeness (QED) is 0.680. The minimum Gasteiger partial charge on any atom is -0.451 e. The fraction of sp³-hybridized carbons (Fsp3) is 0.238. The van der Waals surface area contributed by atoms with Crippen molar-refractivity contribution in [2.75, 3.05) is 6.61 Å². The summed E-state index contributed by atoms with van der Waals surface area (Å²) in [7, 11) is 0. The molecule has 6 heteroatoms. The van der Waals surface area contributed by atoms with Gasteiger partial charge in [-0.2, -0.15) is 0 Å². The highest BCUT2D eigenvalue weighted by Crippen LogP contribution is 2.30. The highest BCUT2D eigenvalue weighted by atomic mass is 32.1. The second kappa shape index (κ2) is 7.48. The number of esters is 1. The molecule has 0 aliphatic heterocycles. The first kappa shape index (κ1) is 17.7. The Morgan fingerprint density at radius 1 is 1.19 bits per heavy atom. The number of hydrogen-bond donors (Lipinski definition) is 1. The summed E-state index contributed by atoms with van der Waals surface area (Å²) >= 11 is 1.15. The molecule has 0 spiro atoms. The minimum absolute atomic E-state index is 0.0560. The van der Waals surface area contributed by atoms with Crippen LogP contribution in [0.5, 0.6) is 0 Å². The Morgan fingerprint density at radius 3 is 2.89 bits per heavy atom. The summed E-state index contributed by atoms with van der Waals surface area (Å²) in [6, 6.07) is 14.2. The summed E-state index contributed by atoms with van der Waals surface area (Å²) in [5.41, 5.74) is 2.38. The van der Waals surface area contributed by atoms with Gasteiger partial charge in [-0.25, -0.2) is 9.18 Å². The molecule has 0 bridgehead atoms. The highest BCUT2D eigenvalue weighted by Gasteiger charge is 2.22. The normalized spacial score (nSPS) is 16.0. The molecule has 138 valence electrons. The maximum atomic E-state index is 13.7. The van der Waals surface area contributed by atoms with Crippen LogP contribution < -0.4 is 5.32 Å². The predicted molar refractivity (Wildman–Crippen MR) is 102 cm³/mol. The Morgan fingerprint density at radius 2 is 2.04 bits per heavy atom. The van der Waals surface area contributed by atoms with E-state index in [1.165, 1.54) is 17.7 Å². The smallest absolute Gasteiger partial charge is 0.348 e. The fourth-order valence-corrected chi connectivity index (χ4v) is 4.44. The zero-order chi connectivity index (χ0) is 18.8. The molecule has 1 heterocycles. The molecule has 1 aromatic heterocycles. The van der Waals surface area contributed by atoms with Crippen molar-refractivity contribution in [1.82, 2.24) is 5.32 Å². The van der Waals surface area contributed by atoms with Crippen molar-refractivity contribution in [2.45, 2.75) is 25.3 Å². The molecule has 4 rings (SSSR count). The Balaban J connectivity index is 1.38. The number of fused-ring (bicyclic) bond motifs is 2. The second-order valence-electron chi connectivity index (χ2n) is 6.55. The number of rotatable bonds is 4. The number of carbonyl (C=O) groups is 2. The SMILES string of the molecule is O=C(COC(=O)c1cc2c(F)cccc2s1)N[C@@H]1CCCc2ccccc21. The van der Waals surface area contributed by atoms with Crippen LogP contribution in [0.2, 0.25) is 0 Å². The first-order chi connectivity index (χ1) is 13.1.